The fourth-order valence-corrected chi connectivity index (χ4v) is 2.33. The minimum absolute atomic E-state index is 0.0826. The van der Waals surface area contributed by atoms with Gasteiger partial charge in [-0.1, -0.05) is 0 Å². The highest BCUT2D eigenvalue weighted by Gasteiger charge is 2.34. The van der Waals surface area contributed by atoms with Crippen LogP contribution in [0.25, 0.3) is 0 Å². The molecule has 21 heavy (non-hydrogen) atoms. The molecule has 1 fully saturated rings. The van der Waals surface area contributed by atoms with Gasteiger partial charge in [0, 0.05) is 31.3 Å². The van der Waals surface area contributed by atoms with Crippen LogP contribution < -0.4 is 19.9 Å². The molecule has 6 nitrogen and oxygen atoms in total. The Labute approximate surface area is 124 Å². The number of hydrogen-bond acceptors (Lipinski definition) is 5. The SMILES string of the molecule is COc1cc(OC)c(C(=O)N(CCN)C2CC2)cc1OC. The molecule has 1 aliphatic rings. The summed E-state index contributed by atoms with van der Waals surface area (Å²) in [5.41, 5.74) is 6.08. The standard InChI is InChI=1S/C15H22N2O4/c1-19-12-9-14(21-3)13(20-2)8-11(12)15(18)17(7-6-16)10-4-5-10/h8-10H,4-7,16H2,1-3H3. The van der Waals surface area contributed by atoms with Crippen LogP contribution >= 0.6 is 0 Å². The van der Waals surface area contributed by atoms with E-state index in [9.17, 15) is 4.79 Å². The summed E-state index contributed by atoms with van der Waals surface area (Å²) in [5, 5.41) is 0. The van der Waals surface area contributed by atoms with E-state index in [1.807, 2.05) is 4.90 Å². The summed E-state index contributed by atoms with van der Waals surface area (Å²) < 4.78 is 15.8. The van der Waals surface area contributed by atoms with Crippen molar-refractivity contribution in [2.45, 2.75) is 18.9 Å². The Morgan fingerprint density at radius 3 is 2.19 bits per heavy atom. The zero-order chi connectivity index (χ0) is 15.4. The summed E-state index contributed by atoms with van der Waals surface area (Å²) in [4.78, 5) is 14.6. The highest BCUT2D eigenvalue weighted by atomic mass is 16.5. The molecule has 1 aliphatic carbocycles. The van der Waals surface area contributed by atoms with Crippen LogP contribution in [-0.4, -0.2) is 51.3 Å². The minimum Gasteiger partial charge on any atom is -0.496 e. The van der Waals surface area contributed by atoms with Crippen molar-refractivity contribution in [3.63, 3.8) is 0 Å². The molecule has 0 heterocycles. The second-order valence-electron chi connectivity index (χ2n) is 4.93. The van der Waals surface area contributed by atoms with E-state index in [4.69, 9.17) is 19.9 Å². The zero-order valence-electron chi connectivity index (χ0n) is 12.7. The lowest BCUT2D eigenvalue weighted by molar-refractivity contribution is 0.0744. The van der Waals surface area contributed by atoms with Crippen LogP contribution in [0.15, 0.2) is 12.1 Å². The van der Waals surface area contributed by atoms with Crippen LogP contribution in [0, 0.1) is 0 Å². The normalized spacial score (nSPS) is 13.7. The molecule has 0 bridgehead atoms. The van der Waals surface area contributed by atoms with Crippen molar-refractivity contribution in [1.29, 1.82) is 0 Å². The van der Waals surface area contributed by atoms with Crippen LogP contribution in [0.1, 0.15) is 23.2 Å². The predicted octanol–water partition coefficient (Wildman–Crippen LogP) is 1.28. The van der Waals surface area contributed by atoms with Gasteiger partial charge in [0.1, 0.15) is 5.75 Å². The number of benzene rings is 1. The monoisotopic (exact) mass is 294 g/mol. The number of methoxy groups -OCH3 is 3. The molecular formula is C15H22N2O4. The third-order valence-corrected chi connectivity index (χ3v) is 3.55. The van der Waals surface area contributed by atoms with Crippen LogP contribution in [0.4, 0.5) is 0 Å². The van der Waals surface area contributed by atoms with Gasteiger partial charge in [0.05, 0.1) is 26.9 Å². The van der Waals surface area contributed by atoms with E-state index in [0.29, 0.717) is 41.9 Å². The molecule has 0 aliphatic heterocycles. The fourth-order valence-electron chi connectivity index (χ4n) is 2.33. The Hall–Kier alpha value is -1.95. The van der Waals surface area contributed by atoms with Crippen molar-refractivity contribution in [2.24, 2.45) is 5.73 Å². The first-order valence-corrected chi connectivity index (χ1v) is 6.97. The van der Waals surface area contributed by atoms with Gasteiger partial charge in [-0.25, -0.2) is 0 Å². The first-order chi connectivity index (χ1) is 10.2. The summed E-state index contributed by atoms with van der Waals surface area (Å²) in [6.07, 6.45) is 2.06. The molecule has 0 radical (unpaired) electrons. The highest BCUT2D eigenvalue weighted by Crippen LogP contribution is 2.36. The lowest BCUT2D eigenvalue weighted by Gasteiger charge is -2.23. The maximum absolute atomic E-state index is 12.8. The summed E-state index contributed by atoms with van der Waals surface area (Å²) in [7, 11) is 4.61. The van der Waals surface area contributed by atoms with Crippen molar-refractivity contribution in [3.05, 3.63) is 17.7 Å². The quantitative estimate of drug-likeness (QED) is 0.820. The molecule has 0 atom stereocenters. The minimum atomic E-state index is -0.0826. The zero-order valence-corrected chi connectivity index (χ0v) is 12.7. The van der Waals surface area contributed by atoms with Crippen molar-refractivity contribution in [2.75, 3.05) is 34.4 Å². The molecule has 0 unspecified atom stereocenters. The van der Waals surface area contributed by atoms with Gasteiger partial charge in [-0.05, 0) is 12.8 Å². The van der Waals surface area contributed by atoms with E-state index in [0.717, 1.165) is 12.8 Å². The summed E-state index contributed by atoms with van der Waals surface area (Å²) in [5.74, 6) is 1.42. The van der Waals surface area contributed by atoms with E-state index in [2.05, 4.69) is 0 Å². The molecule has 2 N–H and O–H groups in total. The Balaban J connectivity index is 2.38. The molecule has 6 heteroatoms. The maximum atomic E-state index is 12.8. The van der Waals surface area contributed by atoms with Crippen molar-refractivity contribution < 1.29 is 19.0 Å². The number of nitrogens with zero attached hydrogens (tertiary/aromatic N) is 1. The molecule has 116 valence electrons. The molecule has 0 aromatic heterocycles. The van der Waals surface area contributed by atoms with Gasteiger partial charge in [-0.15, -0.1) is 0 Å². The van der Waals surface area contributed by atoms with E-state index < -0.39 is 0 Å². The largest absolute Gasteiger partial charge is 0.496 e. The fraction of sp³-hybridized carbons (Fsp3) is 0.533. The lowest BCUT2D eigenvalue weighted by atomic mass is 10.1. The van der Waals surface area contributed by atoms with Gasteiger partial charge in [-0.2, -0.15) is 0 Å². The van der Waals surface area contributed by atoms with Gasteiger partial charge in [0.25, 0.3) is 5.91 Å². The Morgan fingerprint density at radius 2 is 1.71 bits per heavy atom. The third-order valence-electron chi connectivity index (χ3n) is 3.55. The number of carbonyl (C=O) groups is 1. The maximum Gasteiger partial charge on any atom is 0.258 e. The van der Waals surface area contributed by atoms with Gasteiger partial charge in [0.2, 0.25) is 0 Å². The number of hydrogen-bond donors (Lipinski definition) is 1. The number of amides is 1. The molecule has 1 aromatic carbocycles. The molecule has 1 saturated carbocycles. The topological polar surface area (TPSA) is 74.0 Å². The molecule has 1 amide bonds. The third kappa shape index (κ3) is 3.21. The molecular weight excluding hydrogens is 272 g/mol. The first kappa shape index (κ1) is 15.4. The van der Waals surface area contributed by atoms with Crippen molar-refractivity contribution in [3.8, 4) is 17.2 Å². The smallest absolute Gasteiger partial charge is 0.258 e. The van der Waals surface area contributed by atoms with E-state index in [1.54, 1.807) is 19.2 Å². The van der Waals surface area contributed by atoms with Gasteiger partial charge in [-0.3, -0.25) is 4.79 Å². The number of rotatable bonds is 7. The van der Waals surface area contributed by atoms with E-state index in [-0.39, 0.29) is 5.91 Å². The summed E-state index contributed by atoms with van der Waals surface area (Å²) in [6.45, 7) is 0.985. The van der Waals surface area contributed by atoms with Crippen molar-refractivity contribution >= 4 is 5.91 Å². The predicted molar refractivity (Wildman–Crippen MR) is 79.2 cm³/mol. The molecule has 0 saturated heterocycles. The van der Waals surface area contributed by atoms with E-state index >= 15 is 0 Å². The average molecular weight is 294 g/mol. The van der Waals surface area contributed by atoms with Gasteiger partial charge >= 0.3 is 0 Å². The van der Waals surface area contributed by atoms with Crippen LogP contribution in [-0.2, 0) is 0 Å². The Bertz CT molecular complexity index is 515. The molecule has 0 spiro atoms. The second-order valence-corrected chi connectivity index (χ2v) is 4.93. The Kier molecular flexibility index (Phi) is 4.90. The first-order valence-electron chi connectivity index (χ1n) is 6.97. The van der Waals surface area contributed by atoms with Crippen molar-refractivity contribution in [1.82, 2.24) is 4.90 Å². The molecule has 1 aromatic rings. The summed E-state index contributed by atoms with van der Waals surface area (Å²) in [6, 6.07) is 3.62. The van der Waals surface area contributed by atoms with Gasteiger partial charge < -0.3 is 24.8 Å². The number of nitrogens with two attached hydrogens (primary N) is 1. The average Bonchev–Trinajstić information content (AvgIpc) is 3.35. The number of carbonyl (C=O) groups excluding carboxylic acids is 1. The Morgan fingerprint density at radius 1 is 1.14 bits per heavy atom. The van der Waals surface area contributed by atoms with Crippen LogP contribution in [0.3, 0.4) is 0 Å². The highest BCUT2D eigenvalue weighted by molar-refractivity contribution is 5.98. The second kappa shape index (κ2) is 6.67. The van der Waals surface area contributed by atoms with E-state index in [1.165, 1.54) is 14.2 Å². The van der Waals surface area contributed by atoms with Gasteiger partial charge in [0.15, 0.2) is 11.5 Å². The number of ether oxygens (including phenoxy) is 3. The summed E-state index contributed by atoms with van der Waals surface area (Å²) >= 11 is 0. The van der Waals surface area contributed by atoms with Crippen LogP contribution in [0.5, 0.6) is 17.2 Å². The lowest BCUT2D eigenvalue weighted by Crippen LogP contribution is -2.37. The molecule has 2 rings (SSSR count). The van der Waals surface area contributed by atoms with Crippen LogP contribution in [0.2, 0.25) is 0 Å².